The van der Waals surface area contributed by atoms with Crippen molar-refractivity contribution in [2.45, 2.75) is 10.8 Å². The van der Waals surface area contributed by atoms with Crippen molar-refractivity contribution in [1.29, 1.82) is 0 Å². The van der Waals surface area contributed by atoms with E-state index in [2.05, 4.69) is 19.5 Å². The van der Waals surface area contributed by atoms with Crippen LogP contribution in [-0.4, -0.2) is 39.6 Å². The third kappa shape index (κ3) is 4.75. The number of pyridine rings is 1. The maximum Gasteiger partial charge on any atom is 0.250 e. The first-order valence-electron chi connectivity index (χ1n) is 9.25. The highest BCUT2D eigenvalue weighted by molar-refractivity contribution is 7.91. The molecular weight excluding hydrogens is 411 g/mol. The van der Waals surface area contributed by atoms with Crippen molar-refractivity contribution in [3.63, 3.8) is 0 Å². The molecule has 6 nitrogen and oxygen atoms in total. The highest BCUT2D eigenvalue weighted by Gasteiger charge is 2.19. The third-order valence-electron chi connectivity index (χ3n) is 4.83. The molecule has 0 saturated carbocycles. The van der Waals surface area contributed by atoms with Crippen molar-refractivity contribution >= 4 is 32.9 Å². The number of hydrogen-bond donors (Lipinski definition) is 1. The minimum atomic E-state index is -3.49. The molecule has 1 aromatic carbocycles. The van der Waals surface area contributed by atoms with Gasteiger partial charge in [-0.05, 0) is 53.4 Å². The molecule has 4 rings (SSSR count). The van der Waals surface area contributed by atoms with Crippen LogP contribution in [0, 0.1) is 5.82 Å². The molecule has 0 atom stereocenters. The predicted molar refractivity (Wildman–Crippen MR) is 113 cm³/mol. The molecule has 1 fully saturated rings. The molecule has 0 bridgehead atoms. The molecule has 1 saturated heterocycles. The number of halogens is 1. The Morgan fingerprint density at radius 2 is 1.76 bits per heavy atom. The number of sulfonamides is 1. The monoisotopic (exact) mass is 432 g/mol. The van der Waals surface area contributed by atoms with E-state index in [0.717, 1.165) is 43.2 Å². The van der Waals surface area contributed by atoms with Gasteiger partial charge in [0, 0.05) is 44.6 Å². The van der Waals surface area contributed by atoms with Crippen molar-refractivity contribution in [2.24, 2.45) is 0 Å². The molecule has 29 heavy (non-hydrogen) atoms. The van der Waals surface area contributed by atoms with Gasteiger partial charge in [-0.25, -0.2) is 22.5 Å². The number of benzene rings is 1. The zero-order valence-corrected chi connectivity index (χ0v) is 17.3. The molecule has 1 aliphatic rings. The maximum atomic E-state index is 13.1. The topological polar surface area (TPSA) is 65.5 Å². The first kappa shape index (κ1) is 19.8. The molecule has 1 aliphatic heterocycles. The van der Waals surface area contributed by atoms with Crippen molar-refractivity contribution in [2.75, 3.05) is 36.0 Å². The normalized spacial score (nSPS) is 14.9. The lowest BCUT2D eigenvalue weighted by Crippen LogP contribution is -2.46. The summed E-state index contributed by atoms with van der Waals surface area (Å²) in [5, 5.41) is 1.74. The molecule has 0 amide bonds. The van der Waals surface area contributed by atoms with Gasteiger partial charge >= 0.3 is 0 Å². The number of rotatable bonds is 6. The van der Waals surface area contributed by atoms with Crippen molar-refractivity contribution < 1.29 is 12.8 Å². The summed E-state index contributed by atoms with van der Waals surface area (Å²) in [5.41, 5.74) is 1.87. The van der Waals surface area contributed by atoms with Gasteiger partial charge in [0.05, 0.1) is 0 Å². The van der Waals surface area contributed by atoms with Crippen LogP contribution in [0.25, 0.3) is 0 Å². The van der Waals surface area contributed by atoms with Crippen LogP contribution in [0.4, 0.5) is 15.9 Å². The van der Waals surface area contributed by atoms with Gasteiger partial charge in [-0.3, -0.25) is 0 Å². The van der Waals surface area contributed by atoms with Gasteiger partial charge in [-0.15, -0.1) is 11.3 Å². The van der Waals surface area contributed by atoms with Crippen LogP contribution in [0.2, 0.25) is 0 Å². The van der Waals surface area contributed by atoms with Crippen LogP contribution in [0.15, 0.2) is 64.3 Å². The lowest BCUT2D eigenvalue weighted by Gasteiger charge is -2.36. The van der Waals surface area contributed by atoms with E-state index in [1.807, 2.05) is 12.1 Å². The predicted octanol–water partition coefficient (Wildman–Crippen LogP) is 3.09. The summed E-state index contributed by atoms with van der Waals surface area (Å²) in [5.74, 6) is 0.597. The van der Waals surface area contributed by atoms with Crippen molar-refractivity contribution in [3.05, 3.63) is 71.5 Å². The first-order valence-corrected chi connectivity index (χ1v) is 11.6. The average Bonchev–Trinajstić information content (AvgIpc) is 3.29. The fraction of sp³-hybridized carbons (Fsp3) is 0.250. The van der Waals surface area contributed by atoms with Gasteiger partial charge in [0.2, 0.25) is 10.0 Å². The van der Waals surface area contributed by atoms with E-state index >= 15 is 0 Å². The second-order valence-electron chi connectivity index (χ2n) is 6.73. The molecule has 0 unspecified atom stereocenters. The summed E-state index contributed by atoms with van der Waals surface area (Å²) >= 11 is 1.19. The SMILES string of the molecule is O=S(=O)(NCc1ccnc(N2CCN(c3ccc(F)cc3)CC2)c1)c1cccs1. The van der Waals surface area contributed by atoms with Crippen LogP contribution >= 0.6 is 11.3 Å². The molecule has 3 aromatic rings. The standard InChI is InChI=1S/C20H21FN4O2S2/c21-17-3-5-18(6-4-17)24-9-11-25(12-10-24)19-14-16(7-8-22-19)15-23-29(26,27)20-2-1-13-28-20/h1-8,13-14,23H,9-12,15H2. The Kier molecular flexibility index (Phi) is 5.79. The zero-order chi connectivity index (χ0) is 20.3. The Balaban J connectivity index is 1.37. The minimum Gasteiger partial charge on any atom is -0.368 e. The molecule has 9 heteroatoms. The van der Waals surface area contributed by atoms with Gasteiger partial charge in [0.1, 0.15) is 15.8 Å². The van der Waals surface area contributed by atoms with E-state index in [1.54, 1.807) is 35.8 Å². The second-order valence-corrected chi connectivity index (χ2v) is 9.67. The van der Waals surface area contributed by atoms with Crippen LogP contribution in [-0.2, 0) is 16.6 Å². The largest absolute Gasteiger partial charge is 0.368 e. The lowest BCUT2D eigenvalue weighted by atomic mass is 10.2. The lowest BCUT2D eigenvalue weighted by molar-refractivity contribution is 0.583. The van der Waals surface area contributed by atoms with E-state index in [9.17, 15) is 12.8 Å². The number of piperazine rings is 1. The van der Waals surface area contributed by atoms with E-state index in [0.29, 0.717) is 4.21 Å². The number of aromatic nitrogens is 1. The van der Waals surface area contributed by atoms with Gasteiger partial charge in [-0.2, -0.15) is 0 Å². The molecule has 0 spiro atoms. The number of nitrogens with zero attached hydrogens (tertiary/aromatic N) is 3. The van der Waals surface area contributed by atoms with E-state index < -0.39 is 10.0 Å². The Labute approximate surface area is 173 Å². The zero-order valence-electron chi connectivity index (χ0n) is 15.7. The average molecular weight is 433 g/mol. The fourth-order valence-electron chi connectivity index (χ4n) is 3.25. The highest BCUT2D eigenvalue weighted by Crippen LogP contribution is 2.21. The molecule has 0 radical (unpaired) electrons. The third-order valence-corrected chi connectivity index (χ3v) is 7.63. The van der Waals surface area contributed by atoms with E-state index in [-0.39, 0.29) is 12.4 Å². The van der Waals surface area contributed by atoms with Crippen LogP contribution in [0.1, 0.15) is 5.56 Å². The second kappa shape index (κ2) is 8.48. The number of anilines is 2. The first-order chi connectivity index (χ1) is 14.0. The molecule has 0 aliphatic carbocycles. The van der Waals surface area contributed by atoms with Gasteiger partial charge in [0.25, 0.3) is 0 Å². The molecule has 152 valence electrons. The Morgan fingerprint density at radius 1 is 1.03 bits per heavy atom. The number of thiophene rings is 1. The van der Waals surface area contributed by atoms with E-state index in [4.69, 9.17) is 0 Å². The highest BCUT2D eigenvalue weighted by atomic mass is 32.2. The van der Waals surface area contributed by atoms with Crippen molar-refractivity contribution in [3.8, 4) is 0 Å². The molecule has 3 heterocycles. The summed E-state index contributed by atoms with van der Waals surface area (Å²) in [4.78, 5) is 8.84. The Morgan fingerprint density at radius 3 is 2.45 bits per heavy atom. The summed E-state index contributed by atoms with van der Waals surface area (Å²) in [6.07, 6.45) is 1.70. The number of nitrogens with one attached hydrogen (secondary N) is 1. The summed E-state index contributed by atoms with van der Waals surface area (Å²) in [6, 6.07) is 13.6. The maximum absolute atomic E-state index is 13.1. The molecule has 2 aromatic heterocycles. The summed E-state index contributed by atoms with van der Waals surface area (Å²) < 4.78 is 40.6. The van der Waals surface area contributed by atoms with Crippen LogP contribution < -0.4 is 14.5 Å². The minimum absolute atomic E-state index is 0.214. The van der Waals surface area contributed by atoms with Gasteiger partial charge in [-0.1, -0.05) is 6.07 Å². The van der Waals surface area contributed by atoms with Crippen LogP contribution in [0.5, 0.6) is 0 Å². The Hall–Kier alpha value is -2.49. The fourth-order valence-corrected chi connectivity index (χ4v) is 5.31. The summed E-state index contributed by atoms with van der Waals surface area (Å²) in [7, 11) is -3.49. The van der Waals surface area contributed by atoms with Crippen LogP contribution in [0.3, 0.4) is 0 Å². The number of hydrogen-bond acceptors (Lipinski definition) is 6. The molecular formula is C20H21FN4O2S2. The molecule has 1 N–H and O–H groups in total. The van der Waals surface area contributed by atoms with Gasteiger partial charge in [0.15, 0.2) is 0 Å². The van der Waals surface area contributed by atoms with Crippen molar-refractivity contribution in [1.82, 2.24) is 9.71 Å². The smallest absolute Gasteiger partial charge is 0.250 e. The van der Waals surface area contributed by atoms with E-state index in [1.165, 1.54) is 23.5 Å². The quantitative estimate of drug-likeness (QED) is 0.649. The van der Waals surface area contributed by atoms with Gasteiger partial charge < -0.3 is 9.80 Å². The summed E-state index contributed by atoms with van der Waals surface area (Å²) in [6.45, 7) is 3.40. The Bertz CT molecular complexity index is 1050.